The molecule has 0 radical (unpaired) electrons. The fraction of sp³-hybridized carbons (Fsp3) is 0.450. The highest BCUT2D eigenvalue weighted by Gasteiger charge is 2.27. The number of carbonyl (C=O) groups excluding carboxylic acids is 1. The monoisotopic (exact) mass is 512 g/mol. The number of amides is 1. The summed E-state index contributed by atoms with van der Waals surface area (Å²) < 4.78 is 7.45. The number of nitrogens with zero attached hydrogens (tertiary/aromatic N) is 5. The maximum absolute atomic E-state index is 12.6. The molecule has 1 aliphatic rings. The van der Waals surface area contributed by atoms with Crippen molar-refractivity contribution in [1.82, 2.24) is 20.0 Å². The van der Waals surface area contributed by atoms with Crippen molar-refractivity contribution in [1.29, 1.82) is 0 Å². The number of hydrogen-bond donors (Lipinski definition) is 1. The number of anilines is 1. The van der Waals surface area contributed by atoms with Gasteiger partial charge in [0.25, 0.3) is 0 Å². The van der Waals surface area contributed by atoms with Crippen LogP contribution in [0.2, 0.25) is 0 Å². The third-order valence-corrected chi connectivity index (χ3v) is 4.46. The van der Waals surface area contributed by atoms with Gasteiger partial charge >= 0.3 is 0 Å². The summed E-state index contributed by atoms with van der Waals surface area (Å²) in [6.07, 6.45) is 3.71. The second-order valence-electron chi connectivity index (χ2n) is 7.05. The number of guanidine groups is 1. The summed E-state index contributed by atoms with van der Waals surface area (Å²) in [5.41, 5.74) is 1.93. The number of aliphatic imine (C=N–C) groups is 1. The van der Waals surface area contributed by atoms with Crippen LogP contribution in [-0.4, -0.2) is 59.3 Å². The molecule has 1 amide bonds. The molecule has 1 fully saturated rings. The van der Waals surface area contributed by atoms with E-state index in [-0.39, 0.29) is 42.5 Å². The molecule has 8 nitrogen and oxygen atoms in total. The zero-order chi connectivity index (χ0) is 20.1. The number of halogens is 1. The van der Waals surface area contributed by atoms with Gasteiger partial charge in [0.15, 0.2) is 5.96 Å². The molecule has 3 rings (SSSR count). The Morgan fingerprint density at radius 2 is 2.14 bits per heavy atom. The van der Waals surface area contributed by atoms with Gasteiger partial charge in [-0.2, -0.15) is 5.10 Å². The fourth-order valence-corrected chi connectivity index (χ4v) is 3.19. The van der Waals surface area contributed by atoms with Crippen LogP contribution < -0.4 is 15.0 Å². The molecule has 0 saturated carbocycles. The molecule has 2 heterocycles. The van der Waals surface area contributed by atoms with E-state index in [4.69, 9.17) is 4.74 Å². The number of ether oxygens (including phenoxy) is 1. The number of carbonyl (C=O) groups is 1. The first-order valence-corrected chi connectivity index (χ1v) is 9.46. The van der Waals surface area contributed by atoms with Crippen LogP contribution in [0.15, 0.2) is 41.7 Å². The molecule has 29 heavy (non-hydrogen) atoms. The number of nitrogens with one attached hydrogen (secondary N) is 1. The van der Waals surface area contributed by atoms with Gasteiger partial charge in [-0.1, -0.05) is 12.1 Å². The van der Waals surface area contributed by atoms with E-state index in [1.54, 1.807) is 22.8 Å². The zero-order valence-corrected chi connectivity index (χ0v) is 19.7. The highest BCUT2D eigenvalue weighted by molar-refractivity contribution is 14.0. The molecule has 1 saturated heterocycles. The maximum atomic E-state index is 12.6. The van der Waals surface area contributed by atoms with Crippen LogP contribution >= 0.6 is 24.0 Å². The van der Waals surface area contributed by atoms with E-state index in [0.717, 1.165) is 23.0 Å². The fourth-order valence-electron chi connectivity index (χ4n) is 3.19. The van der Waals surface area contributed by atoms with Gasteiger partial charge in [-0.3, -0.25) is 14.5 Å². The second kappa shape index (κ2) is 10.5. The molecule has 0 unspecified atom stereocenters. The normalized spacial score (nSPS) is 14.8. The summed E-state index contributed by atoms with van der Waals surface area (Å²) in [5, 5.41) is 7.50. The Kier molecular flexibility index (Phi) is 8.30. The average Bonchev–Trinajstić information content (AvgIpc) is 3.08. The molecule has 2 aromatic rings. The molecule has 158 valence electrons. The maximum Gasteiger partial charge on any atom is 0.246 e. The Morgan fingerprint density at radius 3 is 2.76 bits per heavy atom. The summed E-state index contributed by atoms with van der Waals surface area (Å²) in [6, 6.07) is 7.99. The van der Waals surface area contributed by atoms with Gasteiger partial charge in [-0.15, -0.1) is 24.0 Å². The molecule has 1 aromatic heterocycles. The van der Waals surface area contributed by atoms with E-state index in [0.29, 0.717) is 19.6 Å². The van der Waals surface area contributed by atoms with Crippen molar-refractivity contribution in [3.8, 4) is 5.75 Å². The minimum absolute atomic E-state index is 0. The molecule has 1 aliphatic heterocycles. The van der Waals surface area contributed by atoms with Crippen molar-refractivity contribution in [2.45, 2.75) is 26.5 Å². The lowest BCUT2D eigenvalue weighted by Gasteiger charge is -2.35. The Hall–Kier alpha value is -2.30. The number of aryl methyl sites for hydroxylation is 1. The molecule has 0 aliphatic carbocycles. The summed E-state index contributed by atoms with van der Waals surface area (Å²) in [4.78, 5) is 20.7. The largest absolute Gasteiger partial charge is 0.491 e. The zero-order valence-electron chi connectivity index (χ0n) is 17.3. The average molecular weight is 512 g/mol. The van der Waals surface area contributed by atoms with Crippen LogP contribution in [0.3, 0.4) is 0 Å². The van der Waals surface area contributed by atoms with Crippen LogP contribution in [0.4, 0.5) is 5.69 Å². The summed E-state index contributed by atoms with van der Waals surface area (Å²) >= 11 is 0. The predicted octanol–water partition coefficient (Wildman–Crippen LogP) is 2.25. The van der Waals surface area contributed by atoms with Gasteiger partial charge < -0.3 is 19.9 Å². The predicted molar refractivity (Wildman–Crippen MR) is 125 cm³/mol. The van der Waals surface area contributed by atoms with Crippen LogP contribution in [0.5, 0.6) is 5.75 Å². The summed E-state index contributed by atoms with van der Waals surface area (Å²) in [6.45, 7) is 6.22. The van der Waals surface area contributed by atoms with E-state index in [1.165, 1.54) is 0 Å². The molecule has 1 N–H and O–H groups in total. The van der Waals surface area contributed by atoms with Crippen molar-refractivity contribution in [3.63, 3.8) is 0 Å². The minimum Gasteiger partial charge on any atom is -0.491 e. The van der Waals surface area contributed by atoms with Crippen molar-refractivity contribution in [2.75, 3.05) is 31.6 Å². The number of rotatable bonds is 5. The van der Waals surface area contributed by atoms with Gasteiger partial charge in [-0.25, -0.2) is 0 Å². The van der Waals surface area contributed by atoms with Crippen LogP contribution in [-0.2, 0) is 18.4 Å². The number of benzene rings is 1. The van der Waals surface area contributed by atoms with Gasteiger partial charge in [0.05, 0.1) is 18.0 Å². The van der Waals surface area contributed by atoms with Crippen molar-refractivity contribution < 1.29 is 9.53 Å². The third kappa shape index (κ3) is 6.09. The highest BCUT2D eigenvalue weighted by atomic mass is 127. The summed E-state index contributed by atoms with van der Waals surface area (Å²) in [7, 11) is 3.58. The van der Waals surface area contributed by atoms with Gasteiger partial charge in [0.2, 0.25) is 5.91 Å². The van der Waals surface area contributed by atoms with Crippen LogP contribution in [0.25, 0.3) is 0 Å². The standard InChI is InChI=1S/C20H28N6O2.HI/c1-15(2)28-18-7-5-6-16(10-18)11-22-20(21-3)25-8-9-26(19(27)14-25)17-12-23-24(4)13-17;/h5-7,10,12-13,15H,8-9,11,14H2,1-4H3,(H,21,22);1H. The quantitative estimate of drug-likeness (QED) is 0.378. The Labute approximate surface area is 188 Å². The molecular weight excluding hydrogens is 483 g/mol. The lowest BCUT2D eigenvalue weighted by atomic mass is 10.2. The van der Waals surface area contributed by atoms with Crippen molar-refractivity contribution >= 4 is 41.5 Å². The Balaban J connectivity index is 0.00000300. The van der Waals surface area contributed by atoms with Crippen molar-refractivity contribution in [2.24, 2.45) is 12.0 Å². The topological polar surface area (TPSA) is 75.0 Å². The third-order valence-electron chi connectivity index (χ3n) is 4.46. The lowest BCUT2D eigenvalue weighted by molar-refractivity contribution is -0.120. The van der Waals surface area contributed by atoms with Gasteiger partial charge in [0.1, 0.15) is 12.3 Å². The van der Waals surface area contributed by atoms with E-state index >= 15 is 0 Å². The van der Waals surface area contributed by atoms with Gasteiger partial charge in [0, 0.05) is 39.9 Å². The van der Waals surface area contributed by atoms with Crippen LogP contribution in [0, 0.1) is 0 Å². The van der Waals surface area contributed by atoms with E-state index in [1.807, 2.05) is 56.3 Å². The summed E-state index contributed by atoms with van der Waals surface area (Å²) in [5.74, 6) is 1.61. The lowest BCUT2D eigenvalue weighted by Crippen LogP contribution is -2.55. The van der Waals surface area contributed by atoms with Crippen LogP contribution in [0.1, 0.15) is 19.4 Å². The number of piperazine rings is 1. The van der Waals surface area contributed by atoms with Gasteiger partial charge in [-0.05, 0) is 31.5 Å². The minimum atomic E-state index is 0. The molecule has 0 atom stereocenters. The first kappa shape index (κ1) is 23.0. The number of hydrogen-bond acceptors (Lipinski definition) is 4. The van der Waals surface area contributed by atoms with E-state index in [9.17, 15) is 4.79 Å². The SMILES string of the molecule is CN=C(NCc1cccc(OC(C)C)c1)N1CCN(c2cnn(C)c2)C(=O)C1.I. The molecule has 0 spiro atoms. The second-order valence-corrected chi connectivity index (χ2v) is 7.05. The number of aromatic nitrogens is 2. The Bertz CT molecular complexity index is 851. The van der Waals surface area contributed by atoms with Crippen molar-refractivity contribution in [3.05, 3.63) is 42.2 Å². The Morgan fingerprint density at radius 1 is 1.34 bits per heavy atom. The smallest absolute Gasteiger partial charge is 0.246 e. The highest BCUT2D eigenvalue weighted by Crippen LogP contribution is 2.17. The first-order valence-electron chi connectivity index (χ1n) is 9.46. The molecule has 1 aromatic carbocycles. The molecule has 9 heteroatoms. The van der Waals surface area contributed by atoms with E-state index in [2.05, 4.69) is 15.4 Å². The first-order chi connectivity index (χ1) is 13.5. The van der Waals surface area contributed by atoms with E-state index < -0.39 is 0 Å². The molecular formula is C20H29IN6O2. The molecule has 0 bridgehead atoms.